The van der Waals surface area contributed by atoms with Crippen molar-refractivity contribution in [2.45, 2.75) is 32.7 Å². The van der Waals surface area contributed by atoms with Crippen molar-refractivity contribution >= 4 is 22.7 Å². The quantitative estimate of drug-likeness (QED) is 0.296. The highest BCUT2D eigenvalue weighted by atomic mass is 16.4. The van der Waals surface area contributed by atoms with Crippen molar-refractivity contribution in [3.8, 4) is 0 Å². The van der Waals surface area contributed by atoms with Crippen LogP contribution in [0, 0.1) is 0 Å². The van der Waals surface area contributed by atoms with Crippen LogP contribution in [0.4, 0.5) is 5.69 Å². The Morgan fingerprint density at radius 2 is 2.20 bits per heavy atom. The van der Waals surface area contributed by atoms with Gasteiger partial charge in [0.25, 0.3) is 0 Å². The molecule has 108 valence electrons. The van der Waals surface area contributed by atoms with E-state index in [1.165, 1.54) is 0 Å². The lowest BCUT2D eigenvalue weighted by molar-refractivity contribution is 0.317. The average Bonchev–Trinajstić information content (AvgIpc) is 2.90. The van der Waals surface area contributed by atoms with Gasteiger partial charge in [-0.05, 0) is 20.3 Å². The number of anilines is 1. The van der Waals surface area contributed by atoms with Gasteiger partial charge in [0.2, 0.25) is 0 Å². The predicted octanol–water partition coefficient (Wildman–Crippen LogP) is 1.91. The third-order valence-corrected chi connectivity index (χ3v) is 3.39. The highest BCUT2D eigenvalue weighted by Gasteiger charge is 2.21. The minimum Gasteiger partial charge on any atom is -0.409 e. The summed E-state index contributed by atoms with van der Waals surface area (Å²) >= 11 is 0. The van der Waals surface area contributed by atoms with E-state index in [1.807, 2.05) is 0 Å². The molecule has 0 bridgehead atoms. The molecule has 0 saturated heterocycles. The topological polar surface area (TPSA) is 98.2 Å². The van der Waals surface area contributed by atoms with Crippen molar-refractivity contribution in [3.63, 3.8) is 0 Å². The molecule has 2 rings (SSSR count). The second-order valence-corrected chi connectivity index (χ2v) is 5.21. The van der Waals surface area contributed by atoms with Gasteiger partial charge in [0.05, 0.1) is 29.3 Å². The number of rotatable bonds is 4. The minimum absolute atomic E-state index is 0.0988. The molecule has 0 spiro atoms. The lowest BCUT2D eigenvalue weighted by Gasteiger charge is -2.27. The van der Waals surface area contributed by atoms with Gasteiger partial charge in [-0.3, -0.25) is 0 Å². The molecule has 0 atom stereocenters. The number of imidazole rings is 1. The van der Waals surface area contributed by atoms with Crippen molar-refractivity contribution in [1.82, 2.24) is 20.3 Å². The molecule has 0 saturated carbocycles. The van der Waals surface area contributed by atoms with Crippen LogP contribution in [0.15, 0.2) is 17.7 Å². The number of nitrogens with one attached hydrogen (secondary N) is 3. The fourth-order valence-electron chi connectivity index (χ4n) is 1.91. The van der Waals surface area contributed by atoms with Crippen LogP contribution >= 0.6 is 0 Å². The first-order valence-electron chi connectivity index (χ1n) is 6.53. The summed E-state index contributed by atoms with van der Waals surface area (Å²) in [4.78, 5) is 11.5. The molecule has 20 heavy (non-hydrogen) atoms. The minimum atomic E-state index is -0.0988. The Morgan fingerprint density at radius 3 is 2.80 bits per heavy atom. The normalized spacial score (nSPS) is 12.7. The molecule has 0 radical (unpaired) electrons. The first kappa shape index (κ1) is 14.1. The summed E-state index contributed by atoms with van der Waals surface area (Å²) < 4.78 is 0. The average molecular weight is 276 g/mol. The number of aromatic amines is 1. The number of hydrogen-bond acceptors (Lipinski definition) is 5. The number of H-pyrrole nitrogens is 1. The van der Waals surface area contributed by atoms with Crippen molar-refractivity contribution in [3.05, 3.63) is 18.1 Å². The smallest absolute Gasteiger partial charge is 0.178 e. The number of fused-ring (bicyclic) bond motifs is 1. The Morgan fingerprint density at radius 1 is 1.45 bits per heavy atom. The fourth-order valence-corrected chi connectivity index (χ4v) is 1.91. The number of amidine groups is 1. The molecule has 0 aromatic carbocycles. The molecule has 2 heterocycles. The maximum atomic E-state index is 9.20. The lowest BCUT2D eigenvalue weighted by atomic mass is 10.0. The van der Waals surface area contributed by atoms with E-state index in [1.54, 1.807) is 19.6 Å². The molecule has 0 aliphatic rings. The molecular weight excluding hydrogens is 256 g/mol. The SMILES string of the molecule is CCC(C)(C)Nc1cnc2nc[nH]c2c1C(=NO)NC. The van der Waals surface area contributed by atoms with Crippen molar-refractivity contribution in [2.75, 3.05) is 12.4 Å². The Hall–Kier alpha value is -2.31. The van der Waals surface area contributed by atoms with E-state index in [0.717, 1.165) is 23.2 Å². The van der Waals surface area contributed by atoms with Crippen molar-refractivity contribution < 1.29 is 5.21 Å². The monoisotopic (exact) mass is 276 g/mol. The Labute approximate surface area is 117 Å². The Balaban J connectivity index is 2.61. The van der Waals surface area contributed by atoms with Gasteiger partial charge in [0.15, 0.2) is 11.5 Å². The summed E-state index contributed by atoms with van der Waals surface area (Å²) in [5.41, 5.74) is 2.72. The van der Waals surface area contributed by atoms with Gasteiger partial charge in [0.1, 0.15) is 0 Å². The molecule has 2 aromatic heterocycles. The molecule has 0 unspecified atom stereocenters. The number of pyridine rings is 1. The molecular formula is C13H20N6O. The highest BCUT2D eigenvalue weighted by molar-refractivity contribution is 6.11. The molecule has 2 aromatic rings. The van der Waals surface area contributed by atoms with Crippen LogP contribution < -0.4 is 10.6 Å². The van der Waals surface area contributed by atoms with Crippen LogP contribution in [0.2, 0.25) is 0 Å². The Kier molecular flexibility index (Phi) is 3.78. The van der Waals surface area contributed by atoms with Crippen LogP contribution in [-0.4, -0.2) is 38.6 Å². The highest BCUT2D eigenvalue weighted by Crippen LogP contribution is 2.26. The molecule has 0 aliphatic carbocycles. The van der Waals surface area contributed by atoms with Gasteiger partial charge >= 0.3 is 0 Å². The number of oxime groups is 1. The largest absolute Gasteiger partial charge is 0.409 e. The van der Waals surface area contributed by atoms with Crippen LogP contribution in [-0.2, 0) is 0 Å². The zero-order valence-corrected chi connectivity index (χ0v) is 12.2. The van der Waals surface area contributed by atoms with E-state index >= 15 is 0 Å². The number of aromatic nitrogens is 3. The van der Waals surface area contributed by atoms with E-state index < -0.39 is 0 Å². The second kappa shape index (κ2) is 5.36. The van der Waals surface area contributed by atoms with Crippen LogP contribution in [0.5, 0.6) is 0 Å². The lowest BCUT2D eigenvalue weighted by Crippen LogP contribution is -2.32. The van der Waals surface area contributed by atoms with Gasteiger partial charge in [-0.15, -0.1) is 0 Å². The van der Waals surface area contributed by atoms with Crippen molar-refractivity contribution in [1.29, 1.82) is 0 Å². The zero-order valence-electron chi connectivity index (χ0n) is 12.2. The molecule has 7 nitrogen and oxygen atoms in total. The first-order valence-corrected chi connectivity index (χ1v) is 6.53. The van der Waals surface area contributed by atoms with Crippen LogP contribution in [0.25, 0.3) is 11.2 Å². The Bertz CT molecular complexity index is 631. The van der Waals surface area contributed by atoms with E-state index in [0.29, 0.717) is 11.5 Å². The third kappa shape index (κ3) is 2.52. The maximum absolute atomic E-state index is 9.20. The molecule has 0 fully saturated rings. The summed E-state index contributed by atoms with van der Waals surface area (Å²) in [7, 11) is 1.70. The molecule has 0 amide bonds. The molecule has 7 heteroatoms. The molecule has 0 aliphatic heterocycles. The van der Waals surface area contributed by atoms with Gasteiger partial charge in [-0.1, -0.05) is 12.1 Å². The van der Waals surface area contributed by atoms with Crippen LogP contribution in [0.3, 0.4) is 0 Å². The van der Waals surface area contributed by atoms with Crippen LogP contribution in [0.1, 0.15) is 32.8 Å². The number of nitrogens with zero attached hydrogens (tertiary/aromatic N) is 3. The van der Waals surface area contributed by atoms with Crippen molar-refractivity contribution in [2.24, 2.45) is 5.16 Å². The van der Waals surface area contributed by atoms with Gasteiger partial charge < -0.3 is 20.8 Å². The van der Waals surface area contributed by atoms with E-state index in [4.69, 9.17) is 0 Å². The summed E-state index contributed by atoms with van der Waals surface area (Å²) in [5, 5.41) is 18.8. The first-order chi connectivity index (χ1) is 9.52. The van der Waals surface area contributed by atoms with E-state index in [2.05, 4.69) is 51.5 Å². The summed E-state index contributed by atoms with van der Waals surface area (Å²) in [6.07, 6.45) is 4.22. The number of hydrogen-bond donors (Lipinski definition) is 4. The summed E-state index contributed by atoms with van der Waals surface area (Å²) in [5.74, 6) is 0.357. The maximum Gasteiger partial charge on any atom is 0.178 e. The van der Waals surface area contributed by atoms with E-state index in [-0.39, 0.29) is 5.54 Å². The fraction of sp³-hybridized carbons (Fsp3) is 0.462. The van der Waals surface area contributed by atoms with Gasteiger partial charge in [0, 0.05) is 12.6 Å². The van der Waals surface area contributed by atoms with E-state index in [9.17, 15) is 5.21 Å². The van der Waals surface area contributed by atoms with Gasteiger partial charge in [-0.25, -0.2) is 9.97 Å². The molecule has 4 N–H and O–H groups in total. The summed E-state index contributed by atoms with van der Waals surface area (Å²) in [6, 6.07) is 0. The standard InChI is InChI=1S/C13H20N6O/c1-5-13(2,3)18-8-6-15-12-10(16-7-17-12)9(8)11(14-4)19-20/h6-7,18,20H,5H2,1-4H3,(H,14,19)(H,15,16,17). The predicted molar refractivity (Wildman–Crippen MR) is 79.3 cm³/mol. The second-order valence-electron chi connectivity index (χ2n) is 5.21. The van der Waals surface area contributed by atoms with Gasteiger partial charge in [-0.2, -0.15) is 0 Å². The third-order valence-electron chi connectivity index (χ3n) is 3.39. The summed E-state index contributed by atoms with van der Waals surface area (Å²) in [6.45, 7) is 6.31. The zero-order chi connectivity index (χ0) is 14.8.